The van der Waals surface area contributed by atoms with Gasteiger partial charge >= 0.3 is 0 Å². The van der Waals surface area contributed by atoms with Crippen molar-refractivity contribution in [3.8, 4) is 11.5 Å². The predicted octanol–water partition coefficient (Wildman–Crippen LogP) is 2.55. The predicted molar refractivity (Wildman–Crippen MR) is 111 cm³/mol. The van der Waals surface area contributed by atoms with E-state index in [0.717, 1.165) is 30.7 Å². The molecule has 1 heterocycles. The molecule has 2 amide bonds. The summed E-state index contributed by atoms with van der Waals surface area (Å²) in [5.74, 6) is 0.759. The van der Waals surface area contributed by atoms with Crippen LogP contribution in [-0.4, -0.2) is 42.5 Å². The number of primary amides is 1. The summed E-state index contributed by atoms with van der Waals surface area (Å²) in [6, 6.07) is 14.4. The second-order valence-electron chi connectivity index (χ2n) is 7.11. The van der Waals surface area contributed by atoms with Crippen molar-refractivity contribution in [2.75, 3.05) is 19.0 Å². The van der Waals surface area contributed by atoms with E-state index < -0.39 is 6.10 Å². The van der Waals surface area contributed by atoms with Crippen LogP contribution in [0.15, 0.2) is 48.5 Å². The van der Waals surface area contributed by atoms with Gasteiger partial charge in [0.25, 0.3) is 5.91 Å². The third-order valence-corrected chi connectivity index (χ3v) is 5.08. The zero-order valence-corrected chi connectivity index (χ0v) is 16.8. The molecule has 154 valence electrons. The van der Waals surface area contributed by atoms with E-state index in [-0.39, 0.29) is 17.9 Å². The van der Waals surface area contributed by atoms with E-state index in [1.165, 1.54) is 0 Å². The third kappa shape index (κ3) is 5.26. The first-order valence-electron chi connectivity index (χ1n) is 9.70. The lowest BCUT2D eigenvalue weighted by Crippen LogP contribution is -2.40. The van der Waals surface area contributed by atoms with E-state index in [4.69, 9.17) is 15.2 Å². The Morgan fingerprint density at radius 1 is 1.17 bits per heavy atom. The van der Waals surface area contributed by atoms with E-state index in [2.05, 4.69) is 10.2 Å². The number of nitrogens with two attached hydrogens (primary N) is 1. The van der Waals surface area contributed by atoms with Gasteiger partial charge in [0.15, 0.2) is 6.10 Å². The number of carbonyl (C=O) groups is 2. The fourth-order valence-corrected chi connectivity index (χ4v) is 3.48. The molecule has 7 heteroatoms. The lowest BCUT2D eigenvalue weighted by atomic mass is 10.1. The Balaban J connectivity index is 1.64. The van der Waals surface area contributed by atoms with E-state index in [1.807, 2.05) is 24.3 Å². The number of rotatable bonds is 8. The Labute approximate surface area is 170 Å². The van der Waals surface area contributed by atoms with Crippen LogP contribution in [0.5, 0.6) is 11.5 Å². The van der Waals surface area contributed by atoms with Crippen LogP contribution < -0.4 is 20.5 Å². The number of anilines is 1. The van der Waals surface area contributed by atoms with E-state index in [0.29, 0.717) is 18.0 Å². The molecule has 0 spiro atoms. The summed E-state index contributed by atoms with van der Waals surface area (Å²) in [5.41, 5.74) is 7.16. The molecule has 0 bridgehead atoms. The van der Waals surface area contributed by atoms with Gasteiger partial charge in [-0.25, -0.2) is 0 Å². The molecule has 0 saturated carbocycles. The Hall–Kier alpha value is -3.06. The van der Waals surface area contributed by atoms with Gasteiger partial charge in [-0.15, -0.1) is 0 Å². The molecule has 2 aromatic carbocycles. The average Bonchev–Trinajstić information content (AvgIpc) is 3.18. The van der Waals surface area contributed by atoms with Gasteiger partial charge in [-0.05, 0) is 62.2 Å². The summed E-state index contributed by atoms with van der Waals surface area (Å²) in [7, 11) is 1.59. The van der Waals surface area contributed by atoms with Crippen molar-refractivity contribution in [1.82, 2.24) is 4.90 Å². The highest BCUT2D eigenvalue weighted by atomic mass is 16.5. The molecule has 2 aromatic rings. The summed E-state index contributed by atoms with van der Waals surface area (Å²) >= 11 is 0. The number of amides is 2. The van der Waals surface area contributed by atoms with Crippen LogP contribution in [0.2, 0.25) is 0 Å². The zero-order chi connectivity index (χ0) is 20.8. The van der Waals surface area contributed by atoms with Gasteiger partial charge in [0.2, 0.25) is 5.91 Å². The van der Waals surface area contributed by atoms with Crippen molar-refractivity contribution in [3.63, 3.8) is 0 Å². The molecular formula is C22H27N3O4. The highest BCUT2D eigenvalue weighted by Gasteiger charge is 2.29. The maximum absolute atomic E-state index is 12.7. The molecule has 0 radical (unpaired) electrons. The molecule has 0 aromatic heterocycles. The SMILES string of the molecule is COc1ccc(OC(C)C(=O)Nc2ccccc2CN2CCCC2C(N)=O)cc1. The summed E-state index contributed by atoms with van der Waals surface area (Å²) in [6.07, 6.45) is 1.03. The van der Waals surface area contributed by atoms with Crippen molar-refractivity contribution in [1.29, 1.82) is 0 Å². The smallest absolute Gasteiger partial charge is 0.265 e. The fraction of sp³-hybridized carbons (Fsp3) is 0.364. The lowest BCUT2D eigenvalue weighted by molar-refractivity contribution is -0.123. The molecule has 2 atom stereocenters. The van der Waals surface area contributed by atoms with E-state index in [1.54, 1.807) is 38.3 Å². The minimum Gasteiger partial charge on any atom is -0.497 e. The summed E-state index contributed by atoms with van der Waals surface area (Å²) in [6.45, 7) is 3.07. The first-order chi connectivity index (χ1) is 14.0. The molecule has 29 heavy (non-hydrogen) atoms. The number of carbonyl (C=O) groups excluding carboxylic acids is 2. The number of likely N-dealkylation sites (tertiary alicyclic amines) is 1. The highest BCUT2D eigenvalue weighted by Crippen LogP contribution is 2.24. The Kier molecular flexibility index (Phi) is 6.72. The number of nitrogens with zero attached hydrogens (tertiary/aromatic N) is 1. The molecule has 1 aliphatic heterocycles. The normalized spacial score (nSPS) is 17.5. The minimum absolute atomic E-state index is 0.249. The van der Waals surface area contributed by atoms with Gasteiger partial charge < -0.3 is 20.5 Å². The summed E-state index contributed by atoms with van der Waals surface area (Å²) in [5, 5.41) is 2.94. The van der Waals surface area contributed by atoms with Crippen molar-refractivity contribution in [2.24, 2.45) is 5.73 Å². The van der Waals surface area contributed by atoms with Gasteiger partial charge in [-0.3, -0.25) is 14.5 Å². The van der Waals surface area contributed by atoms with Gasteiger partial charge in [-0.2, -0.15) is 0 Å². The maximum atomic E-state index is 12.7. The van der Waals surface area contributed by atoms with Crippen LogP contribution in [-0.2, 0) is 16.1 Å². The summed E-state index contributed by atoms with van der Waals surface area (Å²) < 4.78 is 10.9. The Morgan fingerprint density at radius 2 is 1.86 bits per heavy atom. The standard InChI is InChI=1S/C22H27N3O4/c1-15(29-18-11-9-17(28-2)10-12-18)22(27)24-19-7-4-3-6-16(19)14-25-13-5-8-20(25)21(23)26/h3-4,6-7,9-12,15,20H,5,8,13-14H2,1-2H3,(H2,23,26)(H,24,27). The zero-order valence-electron chi connectivity index (χ0n) is 16.8. The number of benzene rings is 2. The molecule has 1 fully saturated rings. The average molecular weight is 397 g/mol. The van der Waals surface area contributed by atoms with Crippen LogP contribution in [0, 0.1) is 0 Å². The second kappa shape index (κ2) is 9.43. The number of hydrogen-bond donors (Lipinski definition) is 2. The largest absolute Gasteiger partial charge is 0.497 e. The molecule has 7 nitrogen and oxygen atoms in total. The highest BCUT2D eigenvalue weighted by molar-refractivity contribution is 5.94. The van der Waals surface area contributed by atoms with Crippen LogP contribution in [0.1, 0.15) is 25.3 Å². The van der Waals surface area contributed by atoms with Crippen molar-refractivity contribution >= 4 is 17.5 Å². The van der Waals surface area contributed by atoms with Crippen LogP contribution in [0.25, 0.3) is 0 Å². The second-order valence-corrected chi connectivity index (χ2v) is 7.11. The number of methoxy groups -OCH3 is 1. The Morgan fingerprint density at radius 3 is 2.55 bits per heavy atom. The van der Waals surface area contributed by atoms with E-state index >= 15 is 0 Å². The van der Waals surface area contributed by atoms with Crippen LogP contribution >= 0.6 is 0 Å². The van der Waals surface area contributed by atoms with Crippen LogP contribution in [0.3, 0.4) is 0 Å². The third-order valence-electron chi connectivity index (χ3n) is 5.08. The van der Waals surface area contributed by atoms with Crippen molar-refractivity contribution < 1.29 is 19.1 Å². The first kappa shape index (κ1) is 20.7. The molecule has 0 aliphatic carbocycles. The number of ether oxygens (including phenoxy) is 2. The molecule has 3 N–H and O–H groups in total. The van der Waals surface area contributed by atoms with Gasteiger partial charge in [0.1, 0.15) is 11.5 Å². The van der Waals surface area contributed by atoms with Crippen molar-refractivity contribution in [2.45, 2.75) is 38.5 Å². The maximum Gasteiger partial charge on any atom is 0.265 e. The lowest BCUT2D eigenvalue weighted by Gasteiger charge is -2.23. The number of hydrogen-bond acceptors (Lipinski definition) is 5. The number of nitrogens with one attached hydrogen (secondary N) is 1. The Bertz CT molecular complexity index is 853. The van der Waals surface area contributed by atoms with Crippen molar-refractivity contribution in [3.05, 3.63) is 54.1 Å². The molecule has 1 aliphatic rings. The molecular weight excluding hydrogens is 370 g/mol. The summed E-state index contributed by atoms with van der Waals surface area (Å²) in [4.78, 5) is 26.4. The minimum atomic E-state index is -0.679. The first-order valence-corrected chi connectivity index (χ1v) is 9.70. The fourth-order valence-electron chi connectivity index (χ4n) is 3.48. The van der Waals surface area contributed by atoms with Gasteiger partial charge in [0, 0.05) is 12.2 Å². The quantitative estimate of drug-likeness (QED) is 0.714. The number of para-hydroxylation sites is 1. The molecule has 3 rings (SSSR count). The topological polar surface area (TPSA) is 93.9 Å². The van der Waals surface area contributed by atoms with Gasteiger partial charge in [-0.1, -0.05) is 18.2 Å². The van der Waals surface area contributed by atoms with Gasteiger partial charge in [0.05, 0.1) is 13.2 Å². The van der Waals surface area contributed by atoms with Crippen LogP contribution in [0.4, 0.5) is 5.69 Å². The molecule has 1 saturated heterocycles. The monoisotopic (exact) mass is 397 g/mol. The van der Waals surface area contributed by atoms with E-state index in [9.17, 15) is 9.59 Å². The molecule has 2 unspecified atom stereocenters.